The summed E-state index contributed by atoms with van der Waals surface area (Å²) in [6.45, 7) is 8.01. The minimum absolute atomic E-state index is 0.261. The summed E-state index contributed by atoms with van der Waals surface area (Å²) >= 11 is 1.64. The molecule has 0 amide bonds. The Hall–Kier alpha value is -0.560. The number of thioether (sulfide) groups is 1. The Kier molecular flexibility index (Phi) is 7.02. The molecule has 0 heterocycles. The van der Waals surface area contributed by atoms with E-state index in [0.29, 0.717) is 18.0 Å². The van der Waals surface area contributed by atoms with Crippen molar-refractivity contribution < 1.29 is 8.42 Å². The summed E-state index contributed by atoms with van der Waals surface area (Å²) in [5, 5.41) is 3.49. The van der Waals surface area contributed by atoms with Gasteiger partial charge in [0.2, 0.25) is 10.0 Å². The van der Waals surface area contributed by atoms with E-state index in [1.165, 1.54) is 0 Å². The molecule has 0 saturated heterocycles. The van der Waals surface area contributed by atoms with E-state index < -0.39 is 10.0 Å². The predicted octanol–water partition coefficient (Wildman–Crippen LogP) is 2.13. The second-order valence-corrected chi connectivity index (χ2v) is 7.81. The second-order valence-electron chi connectivity index (χ2n) is 4.77. The largest absolute Gasteiger partial charge is 0.313 e. The molecule has 0 aromatic heterocycles. The lowest BCUT2D eigenvalue weighted by Gasteiger charge is -2.13. The number of hydrogen-bond acceptors (Lipinski definition) is 4. The monoisotopic (exact) mass is 316 g/mol. The van der Waals surface area contributed by atoms with E-state index in [4.69, 9.17) is 0 Å². The third-order valence-corrected chi connectivity index (χ3v) is 5.55. The lowest BCUT2D eigenvalue weighted by atomic mass is 10.1. The van der Waals surface area contributed by atoms with E-state index in [9.17, 15) is 8.42 Å². The number of rotatable bonds is 8. The Labute approximate surface area is 126 Å². The maximum Gasteiger partial charge on any atom is 0.240 e. The van der Waals surface area contributed by atoms with E-state index in [0.717, 1.165) is 17.7 Å². The van der Waals surface area contributed by atoms with E-state index >= 15 is 0 Å². The zero-order valence-corrected chi connectivity index (χ0v) is 14.2. The summed E-state index contributed by atoms with van der Waals surface area (Å²) in [4.78, 5) is 0.337. The fourth-order valence-electron chi connectivity index (χ4n) is 1.66. The molecular formula is C14H24N2O2S2. The average molecular weight is 316 g/mol. The first-order chi connectivity index (χ1) is 9.40. The molecule has 0 aliphatic carbocycles. The number of nitrogens with one attached hydrogen (secondary N) is 2. The first-order valence-corrected chi connectivity index (χ1v) is 9.50. The summed E-state index contributed by atoms with van der Waals surface area (Å²) < 4.78 is 27.2. The van der Waals surface area contributed by atoms with Crippen molar-refractivity contribution in [3.63, 3.8) is 0 Å². The normalized spacial score (nSPS) is 13.4. The maximum atomic E-state index is 12.2. The number of aryl methyl sites for hydroxylation is 1. The van der Waals surface area contributed by atoms with Gasteiger partial charge in [-0.15, -0.1) is 0 Å². The van der Waals surface area contributed by atoms with E-state index in [2.05, 4.69) is 10.0 Å². The van der Waals surface area contributed by atoms with Crippen LogP contribution in [0.3, 0.4) is 0 Å². The van der Waals surface area contributed by atoms with Crippen molar-refractivity contribution in [2.24, 2.45) is 0 Å². The molecule has 1 aromatic carbocycles. The molecule has 20 heavy (non-hydrogen) atoms. The minimum Gasteiger partial charge on any atom is -0.313 e. The van der Waals surface area contributed by atoms with Crippen LogP contribution in [0.4, 0.5) is 0 Å². The van der Waals surface area contributed by atoms with Gasteiger partial charge in [-0.1, -0.05) is 19.9 Å². The molecule has 0 aliphatic heterocycles. The van der Waals surface area contributed by atoms with Crippen LogP contribution in [0.15, 0.2) is 23.1 Å². The van der Waals surface area contributed by atoms with Crippen molar-refractivity contribution in [1.82, 2.24) is 10.0 Å². The van der Waals surface area contributed by atoms with Crippen LogP contribution in [0.2, 0.25) is 0 Å². The van der Waals surface area contributed by atoms with Gasteiger partial charge in [0.05, 0.1) is 4.90 Å². The van der Waals surface area contributed by atoms with Crippen LogP contribution in [0, 0.1) is 6.92 Å². The van der Waals surface area contributed by atoms with Crippen LogP contribution in [0.25, 0.3) is 0 Å². The molecule has 1 unspecified atom stereocenters. The van der Waals surface area contributed by atoms with Crippen LogP contribution >= 0.6 is 11.8 Å². The molecule has 0 spiro atoms. The lowest BCUT2D eigenvalue weighted by Crippen LogP contribution is -2.29. The smallest absolute Gasteiger partial charge is 0.240 e. The van der Waals surface area contributed by atoms with Crippen molar-refractivity contribution in [3.8, 4) is 0 Å². The summed E-state index contributed by atoms with van der Waals surface area (Å²) in [5.41, 5.74) is 2.12. The summed E-state index contributed by atoms with van der Waals surface area (Å²) in [6.07, 6.45) is 1.97. The molecule has 2 N–H and O–H groups in total. The van der Waals surface area contributed by atoms with Gasteiger partial charge in [0, 0.05) is 18.3 Å². The van der Waals surface area contributed by atoms with Gasteiger partial charge in [0.25, 0.3) is 0 Å². The standard InChI is InChI=1S/C14H24N2O2S2/c1-5-15-10-13-8-14(7-6-11(13)2)20(17,18)16-9-12(3)19-4/h6-8,12,15-16H,5,9-10H2,1-4H3. The SMILES string of the molecule is CCNCc1cc(S(=O)(=O)NCC(C)SC)ccc1C. The number of hydrogen-bond donors (Lipinski definition) is 2. The van der Waals surface area contributed by atoms with Crippen LogP contribution in [0.1, 0.15) is 25.0 Å². The van der Waals surface area contributed by atoms with Gasteiger partial charge in [-0.2, -0.15) is 11.8 Å². The highest BCUT2D eigenvalue weighted by atomic mass is 32.2. The van der Waals surface area contributed by atoms with Crippen LogP contribution in [-0.2, 0) is 16.6 Å². The van der Waals surface area contributed by atoms with Gasteiger partial charge in [-0.3, -0.25) is 0 Å². The molecule has 0 radical (unpaired) electrons. The first kappa shape index (κ1) is 17.5. The summed E-state index contributed by atoms with van der Waals surface area (Å²) in [7, 11) is -3.42. The van der Waals surface area contributed by atoms with Crippen molar-refractivity contribution in [2.45, 2.75) is 37.5 Å². The van der Waals surface area contributed by atoms with Crippen LogP contribution in [0.5, 0.6) is 0 Å². The van der Waals surface area contributed by atoms with Crippen molar-refractivity contribution in [3.05, 3.63) is 29.3 Å². The molecule has 0 saturated carbocycles. The minimum atomic E-state index is -3.42. The summed E-state index contributed by atoms with van der Waals surface area (Å²) in [5.74, 6) is 0. The van der Waals surface area contributed by atoms with Crippen molar-refractivity contribution >= 4 is 21.8 Å². The molecule has 114 valence electrons. The number of benzene rings is 1. The molecule has 4 nitrogen and oxygen atoms in total. The molecular weight excluding hydrogens is 292 g/mol. The average Bonchev–Trinajstić information content (AvgIpc) is 2.43. The summed E-state index contributed by atoms with van der Waals surface area (Å²) in [6, 6.07) is 5.28. The lowest BCUT2D eigenvalue weighted by molar-refractivity contribution is 0.581. The third kappa shape index (κ3) is 5.09. The molecule has 0 aliphatic rings. The second kappa shape index (κ2) is 8.02. The van der Waals surface area contributed by atoms with E-state index in [1.807, 2.05) is 33.1 Å². The molecule has 0 fully saturated rings. The Balaban J connectivity index is 2.89. The maximum absolute atomic E-state index is 12.2. The fraction of sp³-hybridized carbons (Fsp3) is 0.571. The van der Waals surface area contributed by atoms with Crippen LogP contribution < -0.4 is 10.0 Å². The molecule has 0 bridgehead atoms. The van der Waals surface area contributed by atoms with Crippen molar-refractivity contribution in [2.75, 3.05) is 19.3 Å². The molecule has 1 atom stereocenters. The van der Waals surface area contributed by atoms with Gasteiger partial charge in [0.1, 0.15) is 0 Å². The zero-order valence-electron chi connectivity index (χ0n) is 12.6. The topological polar surface area (TPSA) is 58.2 Å². The third-order valence-electron chi connectivity index (χ3n) is 3.16. The Morgan fingerprint density at radius 2 is 2.05 bits per heavy atom. The fourth-order valence-corrected chi connectivity index (χ4v) is 3.20. The van der Waals surface area contributed by atoms with Gasteiger partial charge >= 0.3 is 0 Å². The highest BCUT2D eigenvalue weighted by Gasteiger charge is 2.16. The first-order valence-electron chi connectivity index (χ1n) is 6.73. The highest BCUT2D eigenvalue weighted by molar-refractivity contribution is 7.99. The molecule has 6 heteroatoms. The van der Waals surface area contributed by atoms with Crippen molar-refractivity contribution in [1.29, 1.82) is 0 Å². The molecule has 1 aromatic rings. The zero-order chi connectivity index (χ0) is 15.2. The van der Waals surface area contributed by atoms with Gasteiger partial charge in [-0.05, 0) is 43.0 Å². The van der Waals surface area contributed by atoms with Gasteiger partial charge in [-0.25, -0.2) is 13.1 Å². The highest BCUT2D eigenvalue weighted by Crippen LogP contribution is 2.16. The number of sulfonamides is 1. The quantitative estimate of drug-likeness (QED) is 0.771. The Morgan fingerprint density at radius 1 is 1.35 bits per heavy atom. The van der Waals surface area contributed by atoms with E-state index in [-0.39, 0.29) is 5.25 Å². The Morgan fingerprint density at radius 3 is 2.65 bits per heavy atom. The predicted molar refractivity (Wildman–Crippen MR) is 86.7 cm³/mol. The van der Waals surface area contributed by atoms with Gasteiger partial charge in [0.15, 0.2) is 0 Å². The van der Waals surface area contributed by atoms with E-state index in [1.54, 1.807) is 23.9 Å². The Bertz CT molecular complexity index is 530. The van der Waals surface area contributed by atoms with Gasteiger partial charge < -0.3 is 5.32 Å². The molecule has 1 rings (SSSR count). The van der Waals surface area contributed by atoms with Crippen LogP contribution in [-0.4, -0.2) is 33.0 Å².